The van der Waals surface area contributed by atoms with E-state index in [0.717, 1.165) is 24.2 Å². The first-order valence-electron chi connectivity index (χ1n) is 11.0. The van der Waals surface area contributed by atoms with Gasteiger partial charge in [-0.05, 0) is 38.8 Å². The monoisotopic (exact) mass is 446 g/mol. The van der Waals surface area contributed by atoms with Gasteiger partial charge >= 0.3 is 11.2 Å². The summed E-state index contributed by atoms with van der Waals surface area (Å²) < 4.78 is 3.19. The highest BCUT2D eigenvalue weighted by atomic mass is 16.2. The molecular weight excluding hydrogens is 420 g/mol. The van der Waals surface area contributed by atoms with Crippen LogP contribution in [-0.4, -0.2) is 53.7 Å². The summed E-state index contributed by atoms with van der Waals surface area (Å²) in [5, 5.41) is 5.45. The zero-order chi connectivity index (χ0) is 23.0. The quantitative estimate of drug-likeness (QED) is 0.390. The molecule has 1 fully saturated rings. The average Bonchev–Trinajstić information content (AvgIpc) is 3.42. The van der Waals surface area contributed by atoms with E-state index in [1.807, 2.05) is 46.9 Å². The van der Waals surface area contributed by atoms with E-state index in [0.29, 0.717) is 19.5 Å². The Hall–Kier alpha value is -3.84. The molecule has 5 heterocycles. The molecule has 10 nitrogen and oxygen atoms in total. The minimum absolute atomic E-state index is 0.214. The third kappa shape index (κ3) is 3.70. The Morgan fingerprint density at radius 3 is 3.03 bits per heavy atom. The molecule has 1 aliphatic rings. The van der Waals surface area contributed by atoms with E-state index in [2.05, 4.69) is 39.0 Å². The summed E-state index contributed by atoms with van der Waals surface area (Å²) in [7, 11) is 0. The van der Waals surface area contributed by atoms with Crippen LogP contribution >= 0.6 is 0 Å². The maximum atomic E-state index is 13.3. The molecule has 3 N–H and O–H groups in total. The van der Waals surface area contributed by atoms with Gasteiger partial charge in [-0.25, -0.2) is 14.8 Å². The highest BCUT2D eigenvalue weighted by molar-refractivity contribution is 5.67. The number of piperidine rings is 1. The molecule has 0 aromatic carbocycles. The van der Waals surface area contributed by atoms with Gasteiger partial charge in [-0.3, -0.25) is 15.1 Å². The van der Waals surface area contributed by atoms with Crippen LogP contribution in [0.15, 0.2) is 46.5 Å². The molecule has 0 aliphatic carbocycles. The molecule has 10 heteroatoms. The molecule has 0 spiro atoms. The summed E-state index contributed by atoms with van der Waals surface area (Å²) in [5.41, 5.74) is 0.968. The van der Waals surface area contributed by atoms with Crippen LogP contribution in [0.4, 0.5) is 0 Å². The van der Waals surface area contributed by atoms with Gasteiger partial charge in [0.15, 0.2) is 11.2 Å². The van der Waals surface area contributed by atoms with Crippen molar-refractivity contribution in [3.63, 3.8) is 0 Å². The van der Waals surface area contributed by atoms with Crippen LogP contribution in [0, 0.1) is 11.8 Å². The van der Waals surface area contributed by atoms with Crippen LogP contribution in [0.25, 0.3) is 16.8 Å². The number of H-pyrrole nitrogens is 2. The average molecular weight is 447 g/mol. The van der Waals surface area contributed by atoms with Gasteiger partial charge in [-0.1, -0.05) is 12.0 Å². The SMILES string of the molecule is CC#CCNC1(C)CCCN(n2c(=O)[nH]c3nc[nH]c3c2=O)C1Cc1cn2ccccc2n1. The van der Waals surface area contributed by atoms with Gasteiger partial charge in [0.05, 0.1) is 24.6 Å². The van der Waals surface area contributed by atoms with Crippen molar-refractivity contribution in [1.29, 1.82) is 0 Å². The lowest BCUT2D eigenvalue weighted by Crippen LogP contribution is -2.69. The predicted molar refractivity (Wildman–Crippen MR) is 126 cm³/mol. The lowest BCUT2D eigenvalue weighted by Gasteiger charge is -2.49. The summed E-state index contributed by atoms with van der Waals surface area (Å²) in [6.07, 6.45) is 7.62. The summed E-state index contributed by atoms with van der Waals surface area (Å²) in [6.45, 7) is 5.03. The number of fused-ring (bicyclic) bond motifs is 2. The lowest BCUT2D eigenvalue weighted by molar-refractivity contribution is 0.198. The van der Waals surface area contributed by atoms with E-state index in [9.17, 15) is 9.59 Å². The Labute approximate surface area is 189 Å². The Balaban J connectivity index is 1.61. The van der Waals surface area contributed by atoms with Gasteiger partial charge in [-0.15, -0.1) is 5.92 Å². The first-order chi connectivity index (χ1) is 16.0. The van der Waals surface area contributed by atoms with Crippen LogP contribution < -0.4 is 21.6 Å². The van der Waals surface area contributed by atoms with Gasteiger partial charge in [0.25, 0.3) is 0 Å². The molecule has 0 saturated carbocycles. The third-order valence-corrected chi connectivity index (χ3v) is 6.47. The van der Waals surface area contributed by atoms with E-state index < -0.39 is 16.8 Å². The van der Waals surface area contributed by atoms with Gasteiger partial charge < -0.3 is 14.4 Å². The maximum absolute atomic E-state index is 13.3. The molecule has 0 bridgehead atoms. The van der Waals surface area contributed by atoms with Crippen molar-refractivity contribution in [3.05, 3.63) is 63.5 Å². The first kappa shape index (κ1) is 21.0. The largest absolute Gasteiger partial charge is 0.349 e. The number of aromatic amines is 2. The third-order valence-electron chi connectivity index (χ3n) is 6.47. The topological polar surface area (TPSA) is 116 Å². The molecule has 33 heavy (non-hydrogen) atoms. The number of imidazole rings is 2. The molecule has 5 rings (SSSR count). The van der Waals surface area contributed by atoms with Crippen molar-refractivity contribution in [2.24, 2.45) is 0 Å². The highest BCUT2D eigenvalue weighted by Crippen LogP contribution is 2.29. The zero-order valence-electron chi connectivity index (χ0n) is 18.6. The number of rotatable bonds is 5. The lowest BCUT2D eigenvalue weighted by atomic mass is 9.81. The molecule has 1 aliphatic heterocycles. The second kappa shape index (κ2) is 8.26. The predicted octanol–water partition coefficient (Wildman–Crippen LogP) is 0.775. The summed E-state index contributed by atoms with van der Waals surface area (Å²) in [5.74, 6) is 6.00. The molecule has 2 atom stereocenters. The van der Waals surface area contributed by atoms with Gasteiger partial charge in [0.1, 0.15) is 5.65 Å². The van der Waals surface area contributed by atoms with Gasteiger partial charge in [0.2, 0.25) is 0 Å². The Morgan fingerprint density at radius 2 is 2.21 bits per heavy atom. The van der Waals surface area contributed by atoms with Crippen LogP contribution in [0.3, 0.4) is 0 Å². The fraction of sp³-hybridized carbons (Fsp3) is 0.391. The van der Waals surface area contributed by atoms with E-state index in [4.69, 9.17) is 4.98 Å². The van der Waals surface area contributed by atoms with Crippen molar-refractivity contribution < 1.29 is 0 Å². The van der Waals surface area contributed by atoms with Crippen LogP contribution in [-0.2, 0) is 6.42 Å². The standard InChI is InChI=1S/C23H26N8O2/c1-3-4-10-26-23(2)9-7-12-30(31-21(32)19-20(25-15-24-19)28-22(31)33)17(23)13-16-14-29-11-6-5-8-18(29)27-16/h5-6,8,11,14-15,17,26H,7,9-10,12-13H2,1-2H3,(H,24,25)(H,28,33). The van der Waals surface area contributed by atoms with Crippen molar-refractivity contribution in [2.45, 2.75) is 44.7 Å². The van der Waals surface area contributed by atoms with Crippen molar-refractivity contribution >= 4 is 16.8 Å². The first-order valence-corrected chi connectivity index (χ1v) is 11.0. The van der Waals surface area contributed by atoms with Crippen molar-refractivity contribution in [1.82, 2.24) is 34.3 Å². The summed E-state index contributed by atoms with van der Waals surface area (Å²) in [6, 6.07) is 5.65. The molecule has 0 radical (unpaired) electrons. The van der Waals surface area contributed by atoms with Crippen molar-refractivity contribution in [3.8, 4) is 11.8 Å². The van der Waals surface area contributed by atoms with Gasteiger partial charge in [0, 0.05) is 30.9 Å². The van der Waals surface area contributed by atoms with Crippen LogP contribution in [0.1, 0.15) is 32.4 Å². The van der Waals surface area contributed by atoms with Crippen molar-refractivity contribution in [2.75, 3.05) is 18.1 Å². The fourth-order valence-corrected chi connectivity index (χ4v) is 4.79. The number of hydrogen-bond acceptors (Lipinski definition) is 6. The molecule has 0 amide bonds. The Bertz CT molecular complexity index is 1450. The molecule has 4 aromatic heterocycles. The van der Waals surface area contributed by atoms with E-state index in [1.54, 1.807) is 0 Å². The van der Waals surface area contributed by atoms with E-state index in [1.165, 1.54) is 11.0 Å². The molecule has 170 valence electrons. The number of pyridine rings is 1. The second-order valence-corrected chi connectivity index (χ2v) is 8.56. The maximum Gasteiger partial charge on any atom is 0.349 e. The number of hydrogen-bond donors (Lipinski definition) is 3. The minimum Gasteiger partial charge on any atom is -0.339 e. The fourth-order valence-electron chi connectivity index (χ4n) is 4.79. The smallest absolute Gasteiger partial charge is 0.339 e. The normalized spacial score (nSPS) is 20.8. The second-order valence-electron chi connectivity index (χ2n) is 8.56. The highest BCUT2D eigenvalue weighted by Gasteiger charge is 2.42. The van der Waals surface area contributed by atoms with E-state index in [-0.39, 0.29) is 17.2 Å². The molecule has 4 aromatic rings. The Morgan fingerprint density at radius 1 is 1.33 bits per heavy atom. The zero-order valence-corrected chi connectivity index (χ0v) is 18.6. The van der Waals surface area contributed by atoms with E-state index >= 15 is 0 Å². The number of nitrogens with one attached hydrogen (secondary N) is 3. The molecule has 2 unspecified atom stereocenters. The van der Waals surface area contributed by atoms with Crippen LogP contribution in [0.5, 0.6) is 0 Å². The summed E-state index contributed by atoms with van der Waals surface area (Å²) >= 11 is 0. The summed E-state index contributed by atoms with van der Waals surface area (Å²) in [4.78, 5) is 40.7. The number of nitrogens with zero attached hydrogens (tertiary/aromatic N) is 5. The molecule has 1 saturated heterocycles. The Kier molecular flexibility index (Phi) is 5.26. The van der Waals surface area contributed by atoms with Crippen LogP contribution in [0.2, 0.25) is 0 Å². The number of aromatic nitrogens is 6. The van der Waals surface area contributed by atoms with Gasteiger partial charge in [-0.2, -0.15) is 4.68 Å². The molecular formula is C23H26N8O2. The minimum atomic E-state index is -0.503.